The molecule has 1 heterocycles. The molecule has 0 atom stereocenters. The normalized spacial score (nSPS) is 11.4. The summed E-state index contributed by atoms with van der Waals surface area (Å²) in [7, 11) is 8.50. The van der Waals surface area contributed by atoms with Crippen molar-refractivity contribution in [3.63, 3.8) is 0 Å². The summed E-state index contributed by atoms with van der Waals surface area (Å²) < 4.78 is 3.45. The second kappa shape index (κ2) is 13.0. The molecule has 5 aromatic carbocycles. The number of aromatic nitrogens is 1. The van der Waals surface area contributed by atoms with Gasteiger partial charge in [0.2, 0.25) is 0 Å². The molecule has 0 unspecified atom stereocenters. The minimum Gasteiger partial charge on any atom is -0.340 e. The highest BCUT2D eigenvalue weighted by atomic mass is 15.2. The summed E-state index contributed by atoms with van der Waals surface area (Å²) in [4.78, 5) is 0. The topological polar surface area (TPSA) is 4.93 Å². The first-order chi connectivity index (χ1) is 20.4. The quantitative estimate of drug-likeness (QED) is 0.0956. The number of fused-ring (bicyclic) bond motifs is 3. The lowest BCUT2D eigenvalue weighted by Crippen LogP contribution is -2.66. The molecular weight excluding hydrogens is 507 g/mol. The predicted octanol–water partition coefficient (Wildman–Crippen LogP) is 6.61. The third-order valence-electron chi connectivity index (χ3n) is 7.58. The van der Waals surface area contributed by atoms with E-state index in [2.05, 4.69) is 184 Å². The van der Waals surface area contributed by atoms with Crippen LogP contribution < -0.4 is 16.4 Å². The second-order valence-electron chi connectivity index (χ2n) is 12.4. The lowest BCUT2D eigenvalue weighted by Gasteiger charge is -2.38. The van der Waals surface area contributed by atoms with E-state index in [-0.39, 0.29) is 0 Å². The van der Waals surface area contributed by atoms with Gasteiger partial charge in [0.1, 0.15) is 6.15 Å². The highest BCUT2D eigenvalue weighted by Gasteiger charge is 2.27. The highest BCUT2D eigenvalue weighted by Crippen LogP contribution is 2.28. The van der Waals surface area contributed by atoms with Gasteiger partial charge in [0.25, 0.3) is 0 Å². The first-order valence-corrected chi connectivity index (χ1v) is 14.9. The van der Waals surface area contributed by atoms with E-state index in [9.17, 15) is 0 Å². The van der Waals surface area contributed by atoms with E-state index in [1.807, 2.05) is 0 Å². The molecule has 0 radical (unpaired) electrons. The smallest absolute Gasteiger partial charge is 0.149 e. The van der Waals surface area contributed by atoms with Gasteiger partial charge in [-0.1, -0.05) is 127 Å². The maximum absolute atomic E-state index is 3.84. The summed E-state index contributed by atoms with van der Waals surface area (Å²) in [6, 6.07) is 49.8. The standard InChI is InChI=1S/C35H29BN.C4H12N/c1-5-17-29(18-6-1)36(30-19-7-2-8-20-30,31-21-9-3-10-22-31)27-15-4-16-28-37-34-25-13-11-23-32(34)33-24-12-14-26-35(33)37;1-5(2,3)4/h1-3,5-14,17-26H,4,16,28H2;1-4H3/q-1;+1. The molecule has 210 valence electrons. The van der Waals surface area contributed by atoms with E-state index in [1.165, 1.54) is 38.2 Å². The molecule has 0 N–H and O–H groups in total. The van der Waals surface area contributed by atoms with Crippen molar-refractivity contribution in [1.29, 1.82) is 0 Å². The summed E-state index contributed by atoms with van der Waals surface area (Å²) in [5.74, 6) is 7.48. The summed E-state index contributed by atoms with van der Waals surface area (Å²) in [5, 5.41) is 2.65. The third kappa shape index (κ3) is 6.51. The fraction of sp³-hybridized carbons (Fsp3) is 0.179. The van der Waals surface area contributed by atoms with Crippen LogP contribution in [0.25, 0.3) is 21.8 Å². The van der Waals surface area contributed by atoms with Crippen molar-refractivity contribution in [2.24, 2.45) is 0 Å². The van der Waals surface area contributed by atoms with Crippen LogP contribution in [0.4, 0.5) is 0 Å². The zero-order chi connectivity index (χ0) is 29.4. The molecule has 0 saturated heterocycles. The van der Waals surface area contributed by atoms with E-state index < -0.39 is 6.15 Å². The van der Waals surface area contributed by atoms with Crippen molar-refractivity contribution >= 4 is 44.3 Å². The molecule has 0 amide bonds. The van der Waals surface area contributed by atoms with E-state index in [1.54, 1.807) is 0 Å². The zero-order valence-corrected chi connectivity index (χ0v) is 25.4. The van der Waals surface area contributed by atoms with E-state index in [0.29, 0.717) is 0 Å². The molecule has 3 heteroatoms. The Morgan fingerprint density at radius 3 is 1.29 bits per heavy atom. The van der Waals surface area contributed by atoms with Crippen LogP contribution in [0.3, 0.4) is 0 Å². The van der Waals surface area contributed by atoms with Crippen LogP contribution >= 0.6 is 0 Å². The summed E-state index contributed by atoms with van der Waals surface area (Å²) >= 11 is 0. The van der Waals surface area contributed by atoms with Gasteiger partial charge in [0.05, 0.1) is 28.2 Å². The summed E-state index contributed by atoms with van der Waals surface area (Å²) in [6.07, 6.45) is 0.437. The minimum atomic E-state index is -1.41. The van der Waals surface area contributed by atoms with Gasteiger partial charge < -0.3 is 9.05 Å². The maximum atomic E-state index is 3.84. The van der Waals surface area contributed by atoms with Crippen molar-refractivity contribution in [3.05, 3.63) is 140 Å². The molecule has 6 rings (SSSR count). The highest BCUT2D eigenvalue weighted by molar-refractivity contribution is 7.16. The number of hydrogen-bond acceptors (Lipinski definition) is 0. The van der Waals surface area contributed by atoms with Gasteiger partial charge >= 0.3 is 0 Å². The number of hydrogen-bond donors (Lipinski definition) is 0. The van der Waals surface area contributed by atoms with Crippen LogP contribution in [-0.2, 0) is 6.54 Å². The Kier molecular flexibility index (Phi) is 8.96. The molecule has 0 fully saturated rings. The average molecular weight is 549 g/mol. The van der Waals surface area contributed by atoms with Crippen LogP contribution in [0.15, 0.2) is 140 Å². The first kappa shape index (κ1) is 29.0. The Hall–Kier alpha value is -4.52. The molecule has 0 bridgehead atoms. The third-order valence-corrected chi connectivity index (χ3v) is 7.58. The fourth-order valence-corrected chi connectivity index (χ4v) is 5.85. The molecule has 0 saturated carbocycles. The van der Waals surface area contributed by atoms with E-state index in [4.69, 9.17) is 0 Å². The van der Waals surface area contributed by atoms with Gasteiger partial charge in [-0.15, -0.1) is 5.92 Å². The molecule has 1 aromatic heterocycles. The minimum absolute atomic E-state index is 0.844. The average Bonchev–Trinajstić information content (AvgIpc) is 3.33. The number of rotatable bonds is 6. The Bertz CT molecular complexity index is 1630. The number of aryl methyl sites for hydroxylation is 1. The van der Waals surface area contributed by atoms with Crippen molar-refractivity contribution in [2.75, 3.05) is 28.2 Å². The predicted molar refractivity (Wildman–Crippen MR) is 184 cm³/mol. The summed E-state index contributed by atoms with van der Waals surface area (Å²) in [5.41, 5.74) is 6.38. The monoisotopic (exact) mass is 548 g/mol. The molecule has 6 aromatic rings. The molecule has 0 aliphatic carbocycles. The van der Waals surface area contributed by atoms with Gasteiger partial charge in [0, 0.05) is 34.8 Å². The van der Waals surface area contributed by atoms with Gasteiger partial charge in [-0.05, 0) is 18.6 Å². The lowest BCUT2D eigenvalue weighted by molar-refractivity contribution is -0.849. The molecule has 0 spiro atoms. The van der Waals surface area contributed by atoms with Gasteiger partial charge in [-0.2, -0.15) is 16.4 Å². The molecule has 42 heavy (non-hydrogen) atoms. The number of quaternary nitrogens is 1. The van der Waals surface area contributed by atoms with Crippen molar-refractivity contribution in [3.8, 4) is 11.7 Å². The van der Waals surface area contributed by atoms with Gasteiger partial charge in [-0.25, -0.2) is 0 Å². The van der Waals surface area contributed by atoms with Gasteiger partial charge in [0.15, 0.2) is 0 Å². The van der Waals surface area contributed by atoms with Gasteiger partial charge in [-0.3, -0.25) is 5.82 Å². The molecule has 2 nitrogen and oxygen atoms in total. The molecule has 0 aliphatic heterocycles. The summed E-state index contributed by atoms with van der Waals surface area (Å²) in [6.45, 7) is 0.949. The van der Waals surface area contributed by atoms with Crippen molar-refractivity contribution < 1.29 is 4.48 Å². The van der Waals surface area contributed by atoms with E-state index >= 15 is 0 Å². The zero-order valence-electron chi connectivity index (χ0n) is 25.4. The van der Waals surface area contributed by atoms with Crippen LogP contribution in [0, 0.1) is 11.7 Å². The van der Waals surface area contributed by atoms with E-state index in [0.717, 1.165) is 23.9 Å². The molecule has 0 aliphatic rings. The number of nitrogens with zero attached hydrogens (tertiary/aromatic N) is 2. The fourth-order valence-electron chi connectivity index (χ4n) is 5.85. The van der Waals surface area contributed by atoms with Crippen molar-refractivity contribution in [2.45, 2.75) is 19.4 Å². The van der Waals surface area contributed by atoms with Crippen LogP contribution in [0.1, 0.15) is 12.8 Å². The lowest BCUT2D eigenvalue weighted by atomic mass is 9.16. The number of unbranched alkanes of at least 4 members (excludes halogenated alkanes) is 1. The Morgan fingerprint density at radius 1 is 0.524 bits per heavy atom. The number of benzene rings is 5. The second-order valence-corrected chi connectivity index (χ2v) is 12.4. The van der Waals surface area contributed by atoms with Crippen LogP contribution in [0.2, 0.25) is 0 Å². The SMILES string of the molecule is C(#C[B-](c1ccccc1)(c1ccccc1)c1ccccc1)CCCn1c2ccccc2c2ccccc21.C[N+](C)(C)C. The Morgan fingerprint density at radius 2 is 0.881 bits per heavy atom. The Labute approximate surface area is 251 Å². The number of para-hydroxylation sites is 2. The maximum Gasteiger partial charge on any atom is 0.149 e. The van der Waals surface area contributed by atoms with Crippen molar-refractivity contribution in [1.82, 2.24) is 4.57 Å². The molecular formula is C39H41BN2. The Balaban J connectivity index is 0.000000652. The van der Waals surface area contributed by atoms with Crippen LogP contribution in [0.5, 0.6) is 0 Å². The largest absolute Gasteiger partial charge is 0.340 e. The van der Waals surface area contributed by atoms with Crippen LogP contribution in [-0.4, -0.2) is 43.4 Å². The first-order valence-electron chi connectivity index (χ1n) is 14.9.